The van der Waals surface area contributed by atoms with Gasteiger partial charge < -0.3 is 5.11 Å². The van der Waals surface area contributed by atoms with Crippen molar-refractivity contribution < 1.29 is 9.90 Å². The summed E-state index contributed by atoms with van der Waals surface area (Å²) in [5.41, 5.74) is 1.49. The van der Waals surface area contributed by atoms with Crippen LogP contribution in [0, 0.1) is 0 Å². The molecule has 0 aliphatic heterocycles. The first-order valence-electron chi connectivity index (χ1n) is 3.93. The quantitative estimate of drug-likeness (QED) is 0.709. The second-order valence-electron chi connectivity index (χ2n) is 2.49. The van der Waals surface area contributed by atoms with Gasteiger partial charge in [-0.2, -0.15) is 0 Å². The van der Waals surface area contributed by atoms with E-state index in [2.05, 4.69) is 9.97 Å². The van der Waals surface area contributed by atoms with Crippen LogP contribution in [0.3, 0.4) is 0 Å². The summed E-state index contributed by atoms with van der Waals surface area (Å²) in [6.45, 7) is 1.89. The summed E-state index contributed by atoms with van der Waals surface area (Å²) in [5, 5.41) is 8.56. The smallest absolute Gasteiger partial charge is 0.328 e. The Bertz CT molecular complexity index is 320. The molecule has 4 nitrogen and oxygen atoms in total. The molecule has 1 N–H and O–H groups in total. The van der Waals surface area contributed by atoms with Crippen molar-refractivity contribution in [2.24, 2.45) is 0 Å². The molecule has 4 heteroatoms. The van der Waals surface area contributed by atoms with E-state index in [4.69, 9.17) is 5.11 Å². The molecule has 0 fully saturated rings. The average molecular weight is 178 g/mol. The van der Waals surface area contributed by atoms with E-state index in [1.165, 1.54) is 12.4 Å². The lowest BCUT2D eigenvalue weighted by atomic mass is 10.1. The Morgan fingerprint density at radius 2 is 2.15 bits per heavy atom. The van der Waals surface area contributed by atoms with Gasteiger partial charge in [-0.15, -0.1) is 0 Å². The van der Waals surface area contributed by atoms with E-state index in [9.17, 15) is 4.79 Å². The lowest BCUT2D eigenvalue weighted by molar-refractivity contribution is -0.131. The molecule has 0 unspecified atom stereocenters. The van der Waals surface area contributed by atoms with Crippen LogP contribution in [0.4, 0.5) is 0 Å². The van der Waals surface area contributed by atoms with Crippen LogP contribution in [-0.4, -0.2) is 21.0 Å². The van der Waals surface area contributed by atoms with Crippen molar-refractivity contribution in [3.05, 3.63) is 30.4 Å². The van der Waals surface area contributed by atoms with Crippen LogP contribution < -0.4 is 0 Å². The maximum Gasteiger partial charge on any atom is 0.328 e. The van der Waals surface area contributed by atoms with Gasteiger partial charge in [-0.25, -0.2) is 14.8 Å². The molecule has 0 saturated carbocycles. The molecule has 68 valence electrons. The number of carboxylic acids is 1. The van der Waals surface area contributed by atoms with E-state index in [-0.39, 0.29) is 0 Å². The number of aliphatic carboxylic acids is 1. The van der Waals surface area contributed by atoms with Gasteiger partial charge in [0, 0.05) is 24.0 Å². The van der Waals surface area contributed by atoms with Gasteiger partial charge in [0.2, 0.25) is 0 Å². The van der Waals surface area contributed by atoms with E-state index < -0.39 is 5.97 Å². The van der Waals surface area contributed by atoms with Crippen molar-refractivity contribution in [2.75, 3.05) is 0 Å². The minimum absolute atomic E-state index is 0.652. The van der Waals surface area contributed by atoms with Crippen molar-refractivity contribution in [1.29, 1.82) is 0 Å². The first-order chi connectivity index (χ1) is 6.24. The molecule has 13 heavy (non-hydrogen) atoms. The Morgan fingerprint density at radius 1 is 1.54 bits per heavy atom. The second-order valence-corrected chi connectivity index (χ2v) is 2.49. The number of allylic oxidation sites excluding steroid dienone is 1. The van der Waals surface area contributed by atoms with E-state index in [1.807, 2.05) is 6.92 Å². The normalized spacial score (nSPS) is 11.3. The molecule has 1 rings (SSSR count). The fourth-order valence-electron chi connectivity index (χ4n) is 1.00. The van der Waals surface area contributed by atoms with Crippen LogP contribution >= 0.6 is 0 Å². The number of carbonyl (C=O) groups is 1. The number of hydrogen-bond acceptors (Lipinski definition) is 3. The summed E-state index contributed by atoms with van der Waals surface area (Å²) in [4.78, 5) is 18.1. The predicted octanol–water partition coefficient (Wildman–Crippen LogP) is 1.35. The van der Waals surface area contributed by atoms with Gasteiger partial charge in [0.15, 0.2) is 0 Å². The molecule has 0 spiro atoms. The Hall–Kier alpha value is -1.71. The minimum atomic E-state index is -0.944. The third kappa shape index (κ3) is 2.66. The Morgan fingerprint density at radius 3 is 2.62 bits per heavy atom. The fraction of sp³-hybridized carbons (Fsp3) is 0.222. The van der Waals surface area contributed by atoms with Crippen molar-refractivity contribution in [2.45, 2.75) is 13.3 Å². The molecule has 0 atom stereocenters. The standard InChI is InChI=1S/C9H10N2O2/c1-2-7(3-9(12)13)8-4-10-6-11-5-8/h3-6H,2H2,1H3,(H,12,13)/b7-3+. The van der Waals surface area contributed by atoms with Gasteiger partial charge in [-0.3, -0.25) is 0 Å². The zero-order chi connectivity index (χ0) is 9.68. The number of rotatable bonds is 3. The predicted molar refractivity (Wildman–Crippen MR) is 47.9 cm³/mol. The number of carboxylic acid groups (broad SMARTS) is 1. The van der Waals surface area contributed by atoms with Gasteiger partial charge in [-0.1, -0.05) is 6.92 Å². The number of aromatic nitrogens is 2. The molecule has 0 aromatic carbocycles. The Labute approximate surface area is 76.0 Å². The van der Waals surface area contributed by atoms with Gasteiger partial charge >= 0.3 is 5.97 Å². The van der Waals surface area contributed by atoms with E-state index >= 15 is 0 Å². The molecule has 0 aliphatic rings. The minimum Gasteiger partial charge on any atom is -0.478 e. The van der Waals surface area contributed by atoms with Crippen molar-refractivity contribution in [1.82, 2.24) is 9.97 Å². The molecule has 1 heterocycles. The van der Waals surface area contributed by atoms with E-state index in [0.717, 1.165) is 11.1 Å². The number of hydrogen-bond donors (Lipinski definition) is 1. The lowest BCUT2D eigenvalue weighted by Gasteiger charge is -2.00. The van der Waals surface area contributed by atoms with E-state index in [0.29, 0.717) is 6.42 Å². The topological polar surface area (TPSA) is 63.1 Å². The lowest BCUT2D eigenvalue weighted by Crippen LogP contribution is -1.93. The third-order valence-electron chi connectivity index (χ3n) is 1.61. The highest BCUT2D eigenvalue weighted by atomic mass is 16.4. The summed E-state index contributed by atoms with van der Waals surface area (Å²) < 4.78 is 0. The first-order valence-corrected chi connectivity index (χ1v) is 3.93. The Balaban J connectivity index is 2.98. The average Bonchev–Trinajstić information content (AvgIpc) is 2.15. The molecular weight excluding hydrogens is 168 g/mol. The van der Waals surface area contributed by atoms with Gasteiger partial charge in [0.25, 0.3) is 0 Å². The highest BCUT2D eigenvalue weighted by Crippen LogP contribution is 2.14. The summed E-state index contributed by atoms with van der Waals surface area (Å²) in [7, 11) is 0. The largest absolute Gasteiger partial charge is 0.478 e. The van der Waals surface area contributed by atoms with E-state index in [1.54, 1.807) is 12.4 Å². The highest BCUT2D eigenvalue weighted by Gasteiger charge is 2.01. The van der Waals surface area contributed by atoms with Crippen LogP contribution in [0.15, 0.2) is 24.8 Å². The van der Waals surface area contributed by atoms with Crippen LogP contribution in [0.5, 0.6) is 0 Å². The number of nitrogens with zero attached hydrogens (tertiary/aromatic N) is 2. The van der Waals surface area contributed by atoms with Crippen molar-refractivity contribution >= 4 is 11.5 Å². The molecule has 0 saturated heterocycles. The van der Waals surface area contributed by atoms with Crippen LogP contribution in [0.1, 0.15) is 18.9 Å². The monoisotopic (exact) mass is 178 g/mol. The molecule has 0 bridgehead atoms. The summed E-state index contributed by atoms with van der Waals surface area (Å²) in [6, 6.07) is 0. The fourth-order valence-corrected chi connectivity index (χ4v) is 1.00. The van der Waals surface area contributed by atoms with Gasteiger partial charge in [0.1, 0.15) is 6.33 Å². The van der Waals surface area contributed by atoms with Crippen LogP contribution in [0.25, 0.3) is 5.57 Å². The Kier molecular flexibility index (Phi) is 3.14. The van der Waals surface area contributed by atoms with Crippen LogP contribution in [0.2, 0.25) is 0 Å². The molecule has 0 radical (unpaired) electrons. The maximum atomic E-state index is 10.4. The zero-order valence-electron chi connectivity index (χ0n) is 7.27. The third-order valence-corrected chi connectivity index (χ3v) is 1.61. The van der Waals surface area contributed by atoms with Crippen molar-refractivity contribution in [3.63, 3.8) is 0 Å². The zero-order valence-corrected chi connectivity index (χ0v) is 7.27. The summed E-state index contributed by atoms with van der Waals surface area (Å²) >= 11 is 0. The second kappa shape index (κ2) is 4.35. The highest BCUT2D eigenvalue weighted by molar-refractivity contribution is 5.89. The van der Waals surface area contributed by atoms with Crippen molar-refractivity contribution in [3.8, 4) is 0 Å². The molecular formula is C9H10N2O2. The molecule has 1 aromatic heterocycles. The first kappa shape index (κ1) is 9.38. The molecule has 0 aliphatic carbocycles. The maximum absolute atomic E-state index is 10.4. The molecule has 1 aromatic rings. The van der Waals surface area contributed by atoms with Crippen LogP contribution in [-0.2, 0) is 4.79 Å². The SMILES string of the molecule is CC/C(=C\C(=O)O)c1cncnc1. The summed E-state index contributed by atoms with van der Waals surface area (Å²) in [5.74, 6) is -0.944. The van der Waals surface area contributed by atoms with Gasteiger partial charge in [-0.05, 0) is 12.0 Å². The summed E-state index contributed by atoms with van der Waals surface area (Å²) in [6.07, 6.45) is 6.45. The van der Waals surface area contributed by atoms with Gasteiger partial charge in [0.05, 0.1) is 0 Å². The molecule has 0 amide bonds.